The van der Waals surface area contributed by atoms with E-state index >= 15 is 0 Å². The topological polar surface area (TPSA) is 12.9 Å². The molecule has 0 aliphatic heterocycles. The molecule has 0 spiro atoms. The molecule has 1 aromatic heterocycles. The van der Waals surface area contributed by atoms with E-state index < -0.39 is 0 Å². The van der Waals surface area contributed by atoms with Gasteiger partial charge in [-0.3, -0.25) is 0 Å². The van der Waals surface area contributed by atoms with Gasteiger partial charge in [-0.2, -0.15) is 0 Å². The molecule has 0 amide bonds. The molecule has 3 aromatic rings. The lowest BCUT2D eigenvalue weighted by Gasteiger charge is -2.13. The molecule has 0 fully saturated rings. The van der Waals surface area contributed by atoms with E-state index in [0.717, 1.165) is 47.3 Å². The predicted octanol–water partition coefficient (Wildman–Crippen LogP) is 6.13. The van der Waals surface area contributed by atoms with Gasteiger partial charge in [0.2, 0.25) is 0 Å². The summed E-state index contributed by atoms with van der Waals surface area (Å²) in [6.07, 6.45) is 2.95. The molecule has 3 rings (SSSR count). The third-order valence-corrected chi connectivity index (χ3v) is 4.13. The normalized spacial score (nSPS) is 10.2. The monoisotopic (exact) mass is 325 g/mol. The highest BCUT2D eigenvalue weighted by molar-refractivity contribution is 5.74. The second kappa shape index (κ2) is 8.31. The van der Waals surface area contributed by atoms with Crippen molar-refractivity contribution in [1.29, 1.82) is 0 Å². The Hall–Kier alpha value is -2.85. The molecule has 0 aliphatic rings. The molecule has 1 heteroatoms. The Morgan fingerprint density at radius 3 is 2.08 bits per heavy atom. The molecule has 0 saturated heterocycles. The Labute approximate surface area is 150 Å². The second-order valence-corrected chi connectivity index (χ2v) is 6.03. The van der Waals surface area contributed by atoms with E-state index in [1.165, 1.54) is 5.56 Å². The lowest BCUT2D eigenvalue weighted by atomic mass is 9.96. The maximum absolute atomic E-state index is 5.01. The molecule has 0 N–H and O–H groups in total. The van der Waals surface area contributed by atoms with Gasteiger partial charge in [0.1, 0.15) is 0 Å². The molecule has 2 aromatic carbocycles. The van der Waals surface area contributed by atoms with E-state index in [9.17, 15) is 0 Å². The van der Waals surface area contributed by atoms with Gasteiger partial charge in [-0.25, -0.2) is 4.98 Å². The molecule has 1 heterocycles. The smallest absolute Gasteiger partial charge is 0.0868 e. The minimum Gasteiger partial charge on any atom is -0.246 e. The number of benzene rings is 2. The highest BCUT2D eigenvalue weighted by Gasteiger charge is 2.13. The van der Waals surface area contributed by atoms with Crippen LogP contribution in [0.3, 0.4) is 0 Å². The van der Waals surface area contributed by atoms with Crippen LogP contribution in [0.15, 0.2) is 66.7 Å². The molecule has 25 heavy (non-hydrogen) atoms. The Kier molecular flexibility index (Phi) is 5.65. The van der Waals surface area contributed by atoms with E-state index in [1.807, 2.05) is 12.1 Å². The van der Waals surface area contributed by atoms with Gasteiger partial charge in [0.25, 0.3) is 0 Å². The van der Waals surface area contributed by atoms with E-state index in [0.29, 0.717) is 0 Å². The van der Waals surface area contributed by atoms with Gasteiger partial charge in [0, 0.05) is 17.5 Å². The standard InChI is InChI=1S/C24H23N/c1-3-5-17-22-21(12-4-2)18-23(19-13-8-6-9-14-19)25-24(22)20-15-10-7-11-16-20/h6-11,13-16,18H,3-4,12H2,1-2H3. The maximum Gasteiger partial charge on any atom is 0.0868 e. The van der Waals surface area contributed by atoms with Crippen molar-refractivity contribution in [2.24, 2.45) is 0 Å². The number of pyridine rings is 1. The van der Waals surface area contributed by atoms with Crippen LogP contribution in [0.2, 0.25) is 0 Å². The van der Waals surface area contributed by atoms with Gasteiger partial charge in [0.15, 0.2) is 0 Å². The molecule has 1 nitrogen and oxygen atoms in total. The maximum atomic E-state index is 5.01. The van der Waals surface area contributed by atoms with E-state index in [2.05, 4.69) is 80.3 Å². The van der Waals surface area contributed by atoms with Crippen LogP contribution in [0.25, 0.3) is 22.5 Å². The zero-order valence-corrected chi connectivity index (χ0v) is 14.9. The van der Waals surface area contributed by atoms with Gasteiger partial charge < -0.3 is 0 Å². The molecular formula is C24H23N. The first-order valence-corrected chi connectivity index (χ1v) is 8.97. The van der Waals surface area contributed by atoms with Crippen LogP contribution in [0.5, 0.6) is 0 Å². The summed E-state index contributed by atoms with van der Waals surface area (Å²) in [6, 6.07) is 23.0. The Morgan fingerprint density at radius 2 is 1.48 bits per heavy atom. The van der Waals surface area contributed by atoms with E-state index in [4.69, 9.17) is 4.98 Å². The Bertz CT molecular complexity index is 884. The fraction of sp³-hybridized carbons (Fsp3) is 0.208. The van der Waals surface area contributed by atoms with Crippen molar-refractivity contribution in [3.05, 3.63) is 77.9 Å². The van der Waals surface area contributed by atoms with Crippen molar-refractivity contribution in [1.82, 2.24) is 4.98 Å². The van der Waals surface area contributed by atoms with Crippen molar-refractivity contribution < 1.29 is 0 Å². The first-order valence-electron chi connectivity index (χ1n) is 8.97. The summed E-state index contributed by atoms with van der Waals surface area (Å²) < 4.78 is 0. The van der Waals surface area contributed by atoms with Crippen molar-refractivity contribution in [3.63, 3.8) is 0 Å². The van der Waals surface area contributed by atoms with Crippen LogP contribution in [0.1, 0.15) is 37.8 Å². The summed E-state index contributed by atoms with van der Waals surface area (Å²) in [6.45, 7) is 4.29. The zero-order valence-electron chi connectivity index (χ0n) is 14.9. The van der Waals surface area contributed by atoms with Crippen LogP contribution < -0.4 is 0 Å². The summed E-state index contributed by atoms with van der Waals surface area (Å²) in [7, 11) is 0. The SMILES string of the molecule is CCC#Cc1c(CCC)cc(-c2ccccc2)nc1-c1ccccc1. The Balaban J connectivity index is 2.26. The van der Waals surface area contributed by atoms with Crippen LogP contribution in [0, 0.1) is 11.8 Å². The van der Waals surface area contributed by atoms with E-state index in [1.54, 1.807) is 0 Å². The van der Waals surface area contributed by atoms with Gasteiger partial charge >= 0.3 is 0 Å². The van der Waals surface area contributed by atoms with Crippen LogP contribution in [-0.4, -0.2) is 4.98 Å². The van der Waals surface area contributed by atoms with Crippen LogP contribution >= 0.6 is 0 Å². The van der Waals surface area contributed by atoms with Gasteiger partial charge in [-0.15, -0.1) is 0 Å². The molecule has 0 unspecified atom stereocenters. The first kappa shape index (κ1) is 17.0. The summed E-state index contributed by atoms with van der Waals surface area (Å²) in [5, 5.41) is 0. The number of hydrogen-bond acceptors (Lipinski definition) is 1. The highest BCUT2D eigenvalue weighted by atomic mass is 14.7. The fourth-order valence-corrected chi connectivity index (χ4v) is 2.94. The third kappa shape index (κ3) is 3.98. The van der Waals surface area contributed by atoms with Crippen molar-refractivity contribution in [2.75, 3.05) is 0 Å². The molecule has 0 saturated carbocycles. The summed E-state index contributed by atoms with van der Waals surface area (Å²) in [5.41, 5.74) is 6.65. The minimum atomic E-state index is 0.847. The number of nitrogens with zero attached hydrogens (tertiary/aromatic N) is 1. The number of hydrogen-bond donors (Lipinski definition) is 0. The molecule has 0 aliphatic carbocycles. The van der Waals surface area contributed by atoms with Gasteiger partial charge in [0.05, 0.1) is 17.0 Å². The molecule has 0 radical (unpaired) electrons. The van der Waals surface area contributed by atoms with Crippen molar-refractivity contribution in [2.45, 2.75) is 33.1 Å². The quantitative estimate of drug-likeness (QED) is 0.526. The Morgan fingerprint density at radius 1 is 0.840 bits per heavy atom. The highest BCUT2D eigenvalue weighted by Crippen LogP contribution is 2.29. The van der Waals surface area contributed by atoms with Crippen molar-refractivity contribution >= 4 is 0 Å². The number of rotatable bonds is 4. The largest absolute Gasteiger partial charge is 0.246 e. The lowest BCUT2D eigenvalue weighted by molar-refractivity contribution is 0.916. The minimum absolute atomic E-state index is 0.847. The van der Waals surface area contributed by atoms with Gasteiger partial charge in [-0.05, 0) is 18.1 Å². The average Bonchev–Trinajstić information content (AvgIpc) is 2.68. The van der Waals surface area contributed by atoms with Gasteiger partial charge in [-0.1, -0.05) is 92.8 Å². The lowest BCUT2D eigenvalue weighted by Crippen LogP contribution is -1.99. The number of aryl methyl sites for hydroxylation is 1. The van der Waals surface area contributed by atoms with Crippen LogP contribution in [-0.2, 0) is 6.42 Å². The molecular weight excluding hydrogens is 302 g/mol. The third-order valence-electron chi connectivity index (χ3n) is 4.13. The first-order chi connectivity index (χ1) is 12.3. The summed E-state index contributed by atoms with van der Waals surface area (Å²) >= 11 is 0. The number of aromatic nitrogens is 1. The average molecular weight is 325 g/mol. The fourth-order valence-electron chi connectivity index (χ4n) is 2.94. The predicted molar refractivity (Wildman–Crippen MR) is 106 cm³/mol. The summed E-state index contributed by atoms with van der Waals surface area (Å²) in [5.74, 6) is 6.62. The molecule has 124 valence electrons. The van der Waals surface area contributed by atoms with Crippen molar-refractivity contribution in [3.8, 4) is 34.4 Å². The van der Waals surface area contributed by atoms with Crippen LogP contribution in [0.4, 0.5) is 0 Å². The zero-order chi connectivity index (χ0) is 17.5. The molecule has 0 bridgehead atoms. The molecule has 0 atom stereocenters. The summed E-state index contributed by atoms with van der Waals surface area (Å²) in [4.78, 5) is 5.01. The van der Waals surface area contributed by atoms with E-state index in [-0.39, 0.29) is 0 Å². The second-order valence-electron chi connectivity index (χ2n) is 6.03.